The Labute approximate surface area is 234 Å². The van der Waals surface area contributed by atoms with Crippen LogP contribution in [0.15, 0.2) is 71.7 Å². The highest BCUT2D eigenvalue weighted by atomic mass is 31.1. The number of aryl methyl sites for hydroxylation is 1. The van der Waals surface area contributed by atoms with E-state index in [4.69, 9.17) is 9.73 Å². The highest BCUT2D eigenvalue weighted by Gasteiger charge is 2.33. The smallest absolute Gasteiger partial charge is 0.126 e. The zero-order valence-electron chi connectivity index (χ0n) is 25.1. The topological polar surface area (TPSA) is 21.6 Å². The molecule has 204 valence electrons. The Morgan fingerprint density at radius 1 is 0.868 bits per heavy atom. The van der Waals surface area contributed by atoms with Crippen molar-refractivity contribution in [3.63, 3.8) is 0 Å². The molecule has 0 radical (unpaired) electrons. The lowest BCUT2D eigenvalue weighted by atomic mass is 9.82. The van der Waals surface area contributed by atoms with Crippen LogP contribution in [0.25, 0.3) is 0 Å². The van der Waals surface area contributed by atoms with Crippen LogP contribution >= 0.6 is 8.58 Å². The van der Waals surface area contributed by atoms with E-state index in [1.807, 2.05) is 0 Å². The highest BCUT2D eigenvalue weighted by Crippen LogP contribution is 2.50. The maximum atomic E-state index is 6.69. The highest BCUT2D eigenvalue weighted by molar-refractivity contribution is 7.48. The van der Waals surface area contributed by atoms with Crippen molar-refractivity contribution in [3.05, 3.63) is 94.5 Å². The van der Waals surface area contributed by atoms with E-state index in [1.165, 1.54) is 46.0 Å². The van der Waals surface area contributed by atoms with Gasteiger partial charge >= 0.3 is 0 Å². The van der Waals surface area contributed by atoms with Crippen LogP contribution < -0.4 is 10.0 Å². The van der Waals surface area contributed by atoms with Crippen molar-refractivity contribution in [2.24, 2.45) is 4.99 Å². The zero-order chi connectivity index (χ0) is 28.0. The molecule has 3 aromatic carbocycles. The maximum absolute atomic E-state index is 6.69. The minimum absolute atomic E-state index is 0.0558. The Morgan fingerprint density at radius 3 is 2.16 bits per heavy atom. The summed E-state index contributed by atoms with van der Waals surface area (Å²) in [4.78, 5) is 4.85. The third kappa shape index (κ3) is 8.28. The SMILES string of the molecule is CCCCC(C)(Pc1ccccc1/C=N/C(C)(C)C)c1cc(C(C)(C)C)cc(C)c1OCc1ccccc1. The first-order valence-electron chi connectivity index (χ1n) is 14.1. The summed E-state index contributed by atoms with van der Waals surface area (Å²) in [6.07, 6.45) is 5.54. The summed E-state index contributed by atoms with van der Waals surface area (Å²) < 4.78 is 6.69. The van der Waals surface area contributed by atoms with Gasteiger partial charge in [0, 0.05) is 16.9 Å². The molecule has 38 heavy (non-hydrogen) atoms. The largest absolute Gasteiger partial charge is 0.488 e. The van der Waals surface area contributed by atoms with Gasteiger partial charge in [0.1, 0.15) is 12.4 Å². The molecular weight excluding hydrogens is 481 g/mol. The molecule has 0 spiro atoms. The first kappa shape index (κ1) is 30.1. The van der Waals surface area contributed by atoms with Gasteiger partial charge in [-0.25, -0.2) is 0 Å². The summed E-state index contributed by atoms with van der Waals surface area (Å²) in [7, 11) is 0.600. The van der Waals surface area contributed by atoms with Gasteiger partial charge in [0.15, 0.2) is 0 Å². The molecule has 2 nitrogen and oxygen atoms in total. The van der Waals surface area contributed by atoms with E-state index in [1.54, 1.807) is 0 Å². The van der Waals surface area contributed by atoms with Crippen LogP contribution in [-0.2, 0) is 17.2 Å². The molecule has 3 rings (SSSR count). The molecule has 0 aliphatic carbocycles. The monoisotopic (exact) mass is 529 g/mol. The first-order chi connectivity index (χ1) is 17.8. The van der Waals surface area contributed by atoms with E-state index in [9.17, 15) is 0 Å². The predicted octanol–water partition coefficient (Wildman–Crippen LogP) is 9.50. The number of ether oxygens (including phenoxy) is 1. The van der Waals surface area contributed by atoms with Crippen LogP contribution in [-0.4, -0.2) is 11.8 Å². The van der Waals surface area contributed by atoms with Crippen LogP contribution in [0.3, 0.4) is 0 Å². The molecule has 0 saturated heterocycles. The van der Waals surface area contributed by atoms with Crippen LogP contribution in [0.2, 0.25) is 0 Å². The Morgan fingerprint density at radius 2 is 1.53 bits per heavy atom. The van der Waals surface area contributed by atoms with E-state index in [-0.39, 0.29) is 16.1 Å². The second kappa shape index (κ2) is 12.6. The van der Waals surface area contributed by atoms with Gasteiger partial charge in [-0.15, -0.1) is 0 Å². The normalized spacial score (nSPS) is 14.3. The summed E-state index contributed by atoms with van der Waals surface area (Å²) in [6.45, 7) is 20.9. The first-order valence-corrected chi connectivity index (χ1v) is 15.1. The Hall–Kier alpha value is -2.44. The molecule has 2 unspecified atom stereocenters. The van der Waals surface area contributed by atoms with Crippen LogP contribution in [0, 0.1) is 6.92 Å². The van der Waals surface area contributed by atoms with Gasteiger partial charge in [-0.05, 0) is 67.1 Å². The summed E-state index contributed by atoms with van der Waals surface area (Å²) >= 11 is 0. The van der Waals surface area contributed by atoms with Crippen molar-refractivity contribution >= 4 is 20.1 Å². The molecule has 0 fully saturated rings. The van der Waals surface area contributed by atoms with Crippen LogP contribution in [0.4, 0.5) is 0 Å². The van der Waals surface area contributed by atoms with Crippen molar-refractivity contribution in [2.75, 3.05) is 0 Å². The molecule has 0 saturated carbocycles. The Bertz CT molecular complexity index is 1220. The minimum Gasteiger partial charge on any atom is -0.488 e. The summed E-state index contributed by atoms with van der Waals surface area (Å²) in [5.41, 5.74) is 6.30. The number of hydrogen-bond donors (Lipinski definition) is 0. The Kier molecular flexibility index (Phi) is 9.99. The molecule has 2 atom stereocenters. The molecular formula is C35H48NOP. The summed E-state index contributed by atoms with van der Waals surface area (Å²) in [5.74, 6) is 1.05. The molecule has 0 N–H and O–H groups in total. The van der Waals surface area contributed by atoms with Crippen molar-refractivity contribution < 1.29 is 4.74 Å². The summed E-state index contributed by atoms with van der Waals surface area (Å²) in [6, 6.07) is 24.1. The maximum Gasteiger partial charge on any atom is 0.126 e. The third-order valence-corrected chi connectivity index (χ3v) is 8.75. The van der Waals surface area contributed by atoms with Gasteiger partial charge in [0.2, 0.25) is 0 Å². The fourth-order valence-corrected chi connectivity index (χ4v) is 6.31. The number of aliphatic imine (C=N–C) groups is 1. The van der Waals surface area contributed by atoms with Crippen molar-refractivity contribution in [1.82, 2.24) is 0 Å². The molecule has 0 heterocycles. The van der Waals surface area contributed by atoms with Crippen LogP contribution in [0.1, 0.15) is 102 Å². The standard InChI is InChI=1S/C35H48NOP/c1-10-11-21-35(9,38-31-20-16-15-19-28(31)24-36-34(6,7)8)30-23-29(33(3,4)5)22-26(2)32(30)37-25-27-17-13-12-14-18-27/h12-20,22-24,38H,10-11,21,25H2,1-9H3/b36-24+. The minimum atomic E-state index is -0.0989. The van der Waals surface area contributed by atoms with Gasteiger partial charge in [-0.2, -0.15) is 0 Å². The number of benzene rings is 3. The fraction of sp³-hybridized carbons (Fsp3) is 0.457. The molecule has 0 bridgehead atoms. The number of hydrogen-bond acceptors (Lipinski definition) is 2. The van der Waals surface area contributed by atoms with E-state index < -0.39 is 0 Å². The molecule has 0 aliphatic heterocycles. The Balaban J connectivity index is 2.14. The zero-order valence-corrected chi connectivity index (χ0v) is 26.1. The van der Waals surface area contributed by atoms with Gasteiger partial charge in [-0.3, -0.25) is 4.99 Å². The van der Waals surface area contributed by atoms with E-state index in [0.717, 1.165) is 12.2 Å². The molecule has 0 aliphatic rings. The molecule has 0 amide bonds. The molecule has 0 aromatic heterocycles. The lowest BCUT2D eigenvalue weighted by molar-refractivity contribution is 0.296. The molecule has 3 aromatic rings. The number of nitrogens with zero attached hydrogens (tertiary/aromatic N) is 1. The van der Waals surface area contributed by atoms with Crippen molar-refractivity contribution in [1.29, 1.82) is 0 Å². The average molecular weight is 530 g/mol. The van der Waals surface area contributed by atoms with Crippen molar-refractivity contribution in [3.8, 4) is 5.75 Å². The lowest BCUT2D eigenvalue weighted by Gasteiger charge is -2.35. The van der Waals surface area contributed by atoms with Gasteiger partial charge < -0.3 is 4.74 Å². The third-order valence-electron chi connectivity index (χ3n) is 6.95. The number of unbranched alkanes of at least 4 members (excludes halogenated alkanes) is 1. The van der Waals surface area contributed by atoms with E-state index in [0.29, 0.717) is 15.2 Å². The number of rotatable bonds is 10. The average Bonchev–Trinajstić information content (AvgIpc) is 2.85. The van der Waals surface area contributed by atoms with Crippen molar-refractivity contribution in [2.45, 2.75) is 104 Å². The van der Waals surface area contributed by atoms with Crippen LogP contribution in [0.5, 0.6) is 5.75 Å². The second-order valence-corrected chi connectivity index (χ2v) is 14.7. The van der Waals surface area contributed by atoms with Gasteiger partial charge in [0.25, 0.3) is 0 Å². The van der Waals surface area contributed by atoms with E-state index >= 15 is 0 Å². The lowest BCUT2D eigenvalue weighted by Crippen LogP contribution is -2.24. The molecule has 3 heteroatoms. The van der Waals surface area contributed by atoms with Gasteiger partial charge in [0.05, 0.1) is 5.54 Å². The van der Waals surface area contributed by atoms with E-state index in [2.05, 4.69) is 135 Å². The fourth-order valence-electron chi connectivity index (χ4n) is 4.62. The second-order valence-electron chi connectivity index (χ2n) is 12.8. The quantitative estimate of drug-likeness (QED) is 0.189. The summed E-state index contributed by atoms with van der Waals surface area (Å²) in [5, 5.41) is 1.31. The predicted molar refractivity (Wildman–Crippen MR) is 169 cm³/mol. The van der Waals surface area contributed by atoms with Gasteiger partial charge in [-0.1, -0.05) is 123 Å².